The maximum atomic E-state index is 9.74. The number of hydrogen-bond acceptors (Lipinski definition) is 4. The maximum Gasteiger partial charge on any atom is 0.269 e. The molecule has 1 aliphatic heterocycles. The van der Waals surface area contributed by atoms with Crippen LogP contribution in [0.1, 0.15) is 13.3 Å². The Balaban J connectivity index is 2.50. The third kappa shape index (κ3) is 2.04. The van der Waals surface area contributed by atoms with Crippen molar-refractivity contribution in [3.8, 4) is 0 Å². The van der Waals surface area contributed by atoms with Crippen molar-refractivity contribution in [1.82, 2.24) is 0 Å². The van der Waals surface area contributed by atoms with E-state index < -0.39 is 18.2 Å². The van der Waals surface area contributed by atoms with Crippen LogP contribution in [0, 0.1) is 0 Å². The number of ether oxygens (including phenoxy) is 2. The molecular formula is C8H14O4. The molecular weight excluding hydrogens is 160 g/mol. The van der Waals surface area contributed by atoms with Gasteiger partial charge in [-0.05, 0) is 13.3 Å². The lowest BCUT2D eigenvalue weighted by atomic mass is 9.96. The van der Waals surface area contributed by atoms with E-state index in [1.54, 1.807) is 13.0 Å². The Morgan fingerprint density at radius 3 is 2.83 bits per heavy atom. The predicted molar refractivity (Wildman–Crippen MR) is 42.3 cm³/mol. The van der Waals surface area contributed by atoms with E-state index in [2.05, 4.69) is 6.58 Å². The average molecular weight is 174 g/mol. The van der Waals surface area contributed by atoms with E-state index in [0.29, 0.717) is 6.42 Å². The second kappa shape index (κ2) is 3.53. The fourth-order valence-corrected chi connectivity index (χ4v) is 1.14. The Morgan fingerprint density at radius 2 is 2.42 bits per heavy atom. The van der Waals surface area contributed by atoms with Crippen molar-refractivity contribution in [2.24, 2.45) is 0 Å². The monoisotopic (exact) mass is 174 g/mol. The van der Waals surface area contributed by atoms with Gasteiger partial charge in [-0.25, -0.2) is 0 Å². The fraction of sp³-hybridized carbons (Fsp3) is 0.750. The minimum atomic E-state index is -1.20. The van der Waals surface area contributed by atoms with E-state index in [-0.39, 0.29) is 6.61 Å². The molecule has 70 valence electrons. The van der Waals surface area contributed by atoms with Crippen molar-refractivity contribution >= 4 is 0 Å². The van der Waals surface area contributed by atoms with Crippen molar-refractivity contribution < 1.29 is 19.7 Å². The van der Waals surface area contributed by atoms with Gasteiger partial charge in [0.05, 0.1) is 12.2 Å². The highest BCUT2D eigenvalue weighted by atomic mass is 16.8. The standard InChI is InChI=1S/C8H14O4/c1-3-4-8(2,10)6-5-11-7(9)12-6/h3,6-7,9-10H,1,4-5H2,2H3/t6-,7-,8?/m1/s1. The molecule has 0 bridgehead atoms. The van der Waals surface area contributed by atoms with Gasteiger partial charge in [-0.3, -0.25) is 0 Å². The molecule has 1 heterocycles. The molecule has 0 aliphatic carbocycles. The molecule has 1 saturated heterocycles. The highest BCUT2D eigenvalue weighted by Crippen LogP contribution is 2.24. The average Bonchev–Trinajstić information content (AvgIpc) is 2.36. The van der Waals surface area contributed by atoms with Gasteiger partial charge in [0.25, 0.3) is 6.48 Å². The highest BCUT2D eigenvalue weighted by Gasteiger charge is 2.38. The zero-order valence-electron chi connectivity index (χ0n) is 7.06. The molecule has 0 saturated carbocycles. The molecule has 1 fully saturated rings. The van der Waals surface area contributed by atoms with Crippen molar-refractivity contribution in [3.63, 3.8) is 0 Å². The van der Waals surface area contributed by atoms with Gasteiger partial charge in [0.1, 0.15) is 6.10 Å². The van der Waals surface area contributed by atoms with Crippen molar-refractivity contribution in [2.75, 3.05) is 6.61 Å². The predicted octanol–water partition coefficient (Wildman–Crippen LogP) is 0.00480. The summed E-state index contributed by atoms with van der Waals surface area (Å²) in [5, 5.41) is 18.6. The second-order valence-corrected chi connectivity index (χ2v) is 3.12. The molecule has 0 amide bonds. The lowest BCUT2D eigenvalue weighted by Gasteiger charge is -2.26. The fourth-order valence-electron chi connectivity index (χ4n) is 1.14. The van der Waals surface area contributed by atoms with Crippen LogP contribution in [0.4, 0.5) is 0 Å². The summed E-state index contributed by atoms with van der Waals surface area (Å²) in [5.74, 6) is 0. The minimum absolute atomic E-state index is 0.210. The van der Waals surface area contributed by atoms with Crippen molar-refractivity contribution in [1.29, 1.82) is 0 Å². The molecule has 0 aromatic rings. The van der Waals surface area contributed by atoms with Gasteiger partial charge in [0.2, 0.25) is 0 Å². The van der Waals surface area contributed by atoms with Crippen LogP contribution in [-0.4, -0.2) is 35.0 Å². The minimum Gasteiger partial charge on any atom is -0.387 e. The van der Waals surface area contributed by atoms with Crippen LogP contribution >= 0.6 is 0 Å². The van der Waals surface area contributed by atoms with E-state index in [0.717, 1.165) is 0 Å². The Bertz CT molecular complexity index is 166. The Kier molecular flexibility index (Phi) is 2.85. The van der Waals surface area contributed by atoms with E-state index in [1.165, 1.54) is 0 Å². The molecule has 0 aromatic carbocycles. The first-order valence-electron chi connectivity index (χ1n) is 3.84. The molecule has 3 atom stereocenters. The van der Waals surface area contributed by atoms with Gasteiger partial charge in [0.15, 0.2) is 0 Å². The summed E-state index contributed by atoms with van der Waals surface area (Å²) in [4.78, 5) is 0. The number of rotatable bonds is 3. The Labute approximate surface area is 71.4 Å². The zero-order valence-corrected chi connectivity index (χ0v) is 7.06. The van der Waals surface area contributed by atoms with Gasteiger partial charge in [-0.1, -0.05) is 6.08 Å². The second-order valence-electron chi connectivity index (χ2n) is 3.12. The summed E-state index contributed by atoms with van der Waals surface area (Å²) in [6.07, 6.45) is 1.53. The van der Waals surface area contributed by atoms with Crippen LogP contribution in [0.2, 0.25) is 0 Å². The molecule has 0 aromatic heterocycles. The van der Waals surface area contributed by atoms with Crippen LogP contribution in [0.3, 0.4) is 0 Å². The van der Waals surface area contributed by atoms with E-state index >= 15 is 0 Å². The van der Waals surface area contributed by atoms with Crippen molar-refractivity contribution in [2.45, 2.75) is 31.5 Å². The molecule has 1 unspecified atom stereocenters. The Hall–Kier alpha value is -0.420. The van der Waals surface area contributed by atoms with Crippen LogP contribution in [-0.2, 0) is 9.47 Å². The summed E-state index contributed by atoms with van der Waals surface area (Å²) in [6, 6.07) is 0. The molecule has 4 heteroatoms. The van der Waals surface area contributed by atoms with Crippen LogP contribution in [0.25, 0.3) is 0 Å². The largest absolute Gasteiger partial charge is 0.387 e. The first kappa shape index (κ1) is 9.67. The first-order valence-corrected chi connectivity index (χ1v) is 3.84. The third-order valence-electron chi connectivity index (χ3n) is 1.92. The molecule has 12 heavy (non-hydrogen) atoms. The molecule has 4 nitrogen and oxygen atoms in total. The number of hydrogen-bond donors (Lipinski definition) is 2. The van der Waals surface area contributed by atoms with Gasteiger partial charge in [-0.15, -0.1) is 6.58 Å². The summed E-state index contributed by atoms with van der Waals surface area (Å²) >= 11 is 0. The quantitative estimate of drug-likeness (QED) is 0.591. The van der Waals surface area contributed by atoms with E-state index in [4.69, 9.17) is 14.6 Å². The normalized spacial score (nSPS) is 34.6. The number of aliphatic hydroxyl groups excluding tert-OH is 1. The van der Waals surface area contributed by atoms with Crippen LogP contribution in [0.15, 0.2) is 12.7 Å². The topological polar surface area (TPSA) is 58.9 Å². The van der Waals surface area contributed by atoms with Crippen LogP contribution in [0.5, 0.6) is 0 Å². The summed E-state index contributed by atoms with van der Waals surface area (Å²) in [5.41, 5.74) is -1.01. The summed E-state index contributed by atoms with van der Waals surface area (Å²) in [7, 11) is 0. The Morgan fingerprint density at radius 1 is 1.75 bits per heavy atom. The van der Waals surface area contributed by atoms with E-state index in [9.17, 15) is 5.11 Å². The maximum absolute atomic E-state index is 9.74. The smallest absolute Gasteiger partial charge is 0.269 e. The summed E-state index contributed by atoms with van der Waals surface area (Å²) < 4.78 is 9.65. The lowest BCUT2D eigenvalue weighted by molar-refractivity contribution is -0.219. The van der Waals surface area contributed by atoms with Crippen molar-refractivity contribution in [3.05, 3.63) is 12.7 Å². The van der Waals surface area contributed by atoms with Gasteiger partial charge >= 0.3 is 0 Å². The number of aliphatic hydroxyl groups is 2. The summed E-state index contributed by atoms with van der Waals surface area (Å²) in [6.45, 7) is 4.15. The molecule has 1 aliphatic rings. The van der Waals surface area contributed by atoms with Gasteiger partial charge in [0, 0.05) is 0 Å². The SMILES string of the molecule is C=CCC(C)(O)[C@H]1CO[C@@H](O)O1. The molecule has 0 spiro atoms. The highest BCUT2D eigenvalue weighted by molar-refractivity contribution is 4.90. The third-order valence-corrected chi connectivity index (χ3v) is 1.92. The first-order chi connectivity index (χ1) is 5.56. The van der Waals surface area contributed by atoms with Crippen LogP contribution < -0.4 is 0 Å². The van der Waals surface area contributed by atoms with Gasteiger partial charge < -0.3 is 19.7 Å². The molecule has 0 radical (unpaired) electrons. The lowest BCUT2D eigenvalue weighted by Crippen LogP contribution is -2.40. The zero-order chi connectivity index (χ0) is 9.19. The van der Waals surface area contributed by atoms with E-state index in [1.807, 2.05) is 0 Å². The van der Waals surface area contributed by atoms with Gasteiger partial charge in [-0.2, -0.15) is 0 Å². The molecule has 2 N–H and O–H groups in total. The molecule has 1 rings (SSSR count).